The predicted octanol–water partition coefficient (Wildman–Crippen LogP) is 4.61. The van der Waals surface area contributed by atoms with Gasteiger partial charge in [-0.3, -0.25) is 14.4 Å². The smallest absolute Gasteiger partial charge is 0.328 e. The summed E-state index contributed by atoms with van der Waals surface area (Å²) >= 11 is 0. The highest BCUT2D eigenvalue weighted by Gasteiger charge is 2.38. The Bertz CT molecular complexity index is 1180. The van der Waals surface area contributed by atoms with Crippen LogP contribution in [0.4, 0.5) is 0 Å². The third-order valence-corrected chi connectivity index (χ3v) is 7.86. The lowest BCUT2D eigenvalue weighted by atomic mass is 9.71. The number of aromatic nitrogens is 1. The minimum Gasteiger partial charge on any atom is -0.496 e. The maximum Gasteiger partial charge on any atom is 0.328 e. The first-order chi connectivity index (χ1) is 17.6. The van der Waals surface area contributed by atoms with E-state index in [1.807, 2.05) is 18.2 Å². The molecule has 8 nitrogen and oxygen atoms in total. The number of ether oxygens (including phenoxy) is 2. The molecule has 0 bridgehead atoms. The van der Waals surface area contributed by atoms with Crippen molar-refractivity contribution in [3.63, 3.8) is 0 Å². The fourth-order valence-electron chi connectivity index (χ4n) is 5.44. The van der Waals surface area contributed by atoms with Gasteiger partial charge in [0.15, 0.2) is 5.78 Å². The topological polar surface area (TPSA) is 115 Å². The second kappa shape index (κ2) is 11.1. The van der Waals surface area contributed by atoms with Crippen LogP contribution in [0, 0.1) is 23.2 Å². The largest absolute Gasteiger partial charge is 0.496 e. The molecule has 0 radical (unpaired) electrons. The van der Waals surface area contributed by atoms with Gasteiger partial charge < -0.3 is 19.8 Å². The van der Waals surface area contributed by atoms with Crippen LogP contribution in [0.5, 0.6) is 5.75 Å². The van der Waals surface area contributed by atoms with Gasteiger partial charge in [0.25, 0.3) is 0 Å². The Morgan fingerprint density at radius 1 is 1.14 bits per heavy atom. The maximum atomic E-state index is 13.4. The first kappa shape index (κ1) is 26.9. The minimum atomic E-state index is -0.915. The number of rotatable bonds is 11. The summed E-state index contributed by atoms with van der Waals surface area (Å²) in [6.07, 6.45) is 4.95. The molecular weight excluding hydrogens is 472 g/mol. The molecule has 1 heterocycles. The van der Waals surface area contributed by atoms with Gasteiger partial charge in [-0.25, -0.2) is 4.79 Å². The molecule has 37 heavy (non-hydrogen) atoms. The maximum absolute atomic E-state index is 13.4. The summed E-state index contributed by atoms with van der Waals surface area (Å²) in [6, 6.07) is 6.40. The first-order valence-corrected chi connectivity index (χ1v) is 13.2. The average Bonchev–Trinajstić information content (AvgIpc) is 3.57. The van der Waals surface area contributed by atoms with E-state index in [1.54, 1.807) is 13.2 Å². The fraction of sp³-hybridized carbons (Fsp3) is 0.586. The number of ketones is 2. The van der Waals surface area contributed by atoms with E-state index in [0.29, 0.717) is 36.6 Å². The highest BCUT2D eigenvalue weighted by Crippen LogP contribution is 2.39. The number of hydrogen-bond acceptors (Lipinski definition) is 6. The molecule has 4 rings (SSSR count). The highest BCUT2D eigenvalue weighted by molar-refractivity contribution is 6.02. The van der Waals surface area contributed by atoms with Crippen molar-refractivity contribution < 1.29 is 28.7 Å². The summed E-state index contributed by atoms with van der Waals surface area (Å²) < 4.78 is 10.4. The van der Waals surface area contributed by atoms with E-state index >= 15 is 0 Å². The van der Waals surface area contributed by atoms with Gasteiger partial charge in [0.2, 0.25) is 5.91 Å². The van der Waals surface area contributed by atoms with Crippen molar-refractivity contribution in [3.8, 4) is 5.75 Å². The van der Waals surface area contributed by atoms with Crippen molar-refractivity contribution >= 4 is 34.3 Å². The van der Waals surface area contributed by atoms with Crippen LogP contribution in [-0.2, 0) is 19.1 Å². The van der Waals surface area contributed by atoms with Crippen molar-refractivity contribution in [1.29, 1.82) is 0 Å². The van der Waals surface area contributed by atoms with Crippen molar-refractivity contribution in [3.05, 3.63) is 30.0 Å². The number of Topliss-reactive ketones (excluding diaryl/α,β-unsaturated/α-hetero) is 2. The zero-order valence-electron chi connectivity index (χ0n) is 22.2. The van der Waals surface area contributed by atoms with E-state index in [9.17, 15) is 19.2 Å². The van der Waals surface area contributed by atoms with Crippen molar-refractivity contribution in [2.45, 2.75) is 71.3 Å². The molecule has 3 atom stereocenters. The molecule has 1 unspecified atom stereocenters. The zero-order chi connectivity index (χ0) is 26.7. The molecule has 0 spiro atoms. The standard InChI is InChI=1S/C29H38N2O6/c1-29(2)11-10-18(25(33)16-29)13-23(28(35)37-4)31-27(34)19(12-17-8-9-17)14-24(32)22-15-20-21(30-22)6-5-7-26(20)36-3/h5-7,15,17-19,23,30H,8-14,16H2,1-4H3,(H,31,34)/t18?,19-,23+/m1/s1. The van der Waals surface area contributed by atoms with E-state index in [2.05, 4.69) is 24.1 Å². The van der Waals surface area contributed by atoms with Gasteiger partial charge in [-0.1, -0.05) is 32.8 Å². The number of nitrogens with one attached hydrogen (secondary N) is 2. The lowest BCUT2D eigenvalue weighted by molar-refractivity contribution is -0.146. The van der Waals surface area contributed by atoms with Gasteiger partial charge >= 0.3 is 5.97 Å². The van der Waals surface area contributed by atoms with Crippen LogP contribution < -0.4 is 10.1 Å². The van der Waals surface area contributed by atoms with Gasteiger partial charge in [0.1, 0.15) is 17.6 Å². The van der Waals surface area contributed by atoms with Crippen LogP contribution in [0.25, 0.3) is 10.9 Å². The molecule has 2 aromatic rings. The monoisotopic (exact) mass is 510 g/mol. The van der Waals surface area contributed by atoms with Crippen molar-refractivity contribution in [1.82, 2.24) is 10.3 Å². The quantitative estimate of drug-likeness (QED) is 0.337. The average molecular weight is 511 g/mol. The van der Waals surface area contributed by atoms with Crippen LogP contribution in [0.3, 0.4) is 0 Å². The summed E-state index contributed by atoms with van der Waals surface area (Å²) in [7, 11) is 2.86. The Morgan fingerprint density at radius 2 is 1.89 bits per heavy atom. The predicted molar refractivity (Wildman–Crippen MR) is 139 cm³/mol. The third-order valence-electron chi connectivity index (χ3n) is 7.86. The number of methoxy groups -OCH3 is 2. The van der Waals surface area contributed by atoms with Crippen LogP contribution >= 0.6 is 0 Å². The Kier molecular flexibility index (Phi) is 8.05. The van der Waals surface area contributed by atoms with E-state index in [1.165, 1.54) is 7.11 Å². The molecule has 2 aliphatic rings. The lowest BCUT2D eigenvalue weighted by Crippen LogP contribution is -2.47. The Morgan fingerprint density at radius 3 is 2.54 bits per heavy atom. The summed E-state index contributed by atoms with van der Waals surface area (Å²) in [4.78, 5) is 55.1. The molecular formula is C29H38N2O6. The Hall–Kier alpha value is -3.16. The normalized spacial score (nSPS) is 20.8. The fourth-order valence-corrected chi connectivity index (χ4v) is 5.44. The number of benzene rings is 1. The summed E-state index contributed by atoms with van der Waals surface area (Å²) in [5, 5.41) is 3.65. The number of esters is 1. The van der Waals surface area contributed by atoms with Gasteiger partial charge in [-0.15, -0.1) is 0 Å². The van der Waals surface area contributed by atoms with Crippen LogP contribution in [0.15, 0.2) is 24.3 Å². The molecule has 2 aliphatic carbocycles. The lowest BCUT2D eigenvalue weighted by Gasteiger charge is -2.34. The van der Waals surface area contributed by atoms with E-state index in [-0.39, 0.29) is 41.6 Å². The van der Waals surface area contributed by atoms with Gasteiger partial charge in [0, 0.05) is 35.6 Å². The number of carbonyl (C=O) groups is 4. The number of H-pyrrole nitrogens is 1. The van der Waals surface area contributed by atoms with E-state index < -0.39 is 17.9 Å². The molecule has 2 fully saturated rings. The first-order valence-electron chi connectivity index (χ1n) is 13.2. The molecule has 0 saturated heterocycles. The second-order valence-corrected chi connectivity index (χ2v) is 11.5. The van der Waals surface area contributed by atoms with Crippen LogP contribution in [-0.4, -0.2) is 48.7 Å². The Balaban J connectivity index is 1.46. The SMILES string of the molecule is COC(=O)[C@H](CC1CCC(C)(C)CC1=O)NC(=O)[C@@H](CC(=O)c1cc2c(OC)cccc2[nH]1)CC1CC1. The summed E-state index contributed by atoms with van der Waals surface area (Å²) in [6.45, 7) is 4.15. The zero-order valence-corrected chi connectivity index (χ0v) is 22.2. The number of aromatic amines is 1. The summed E-state index contributed by atoms with van der Waals surface area (Å²) in [5.41, 5.74) is 1.17. The van der Waals surface area contributed by atoms with Gasteiger partial charge in [0.05, 0.1) is 19.9 Å². The second-order valence-electron chi connectivity index (χ2n) is 11.5. The summed E-state index contributed by atoms with van der Waals surface area (Å²) in [5.74, 6) is -0.731. The highest BCUT2D eigenvalue weighted by atomic mass is 16.5. The minimum absolute atomic E-state index is 0.0297. The van der Waals surface area contributed by atoms with Crippen molar-refractivity contribution in [2.75, 3.05) is 14.2 Å². The van der Waals surface area contributed by atoms with E-state index in [0.717, 1.165) is 30.2 Å². The molecule has 0 aliphatic heterocycles. The van der Waals surface area contributed by atoms with Gasteiger partial charge in [-0.05, 0) is 55.2 Å². The number of fused-ring (bicyclic) bond motifs is 1. The number of hydrogen-bond donors (Lipinski definition) is 2. The van der Waals surface area contributed by atoms with E-state index in [4.69, 9.17) is 9.47 Å². The van der Waals surface area contributed by atoms with Crippen molar-refractivity contribution in [2.24, 2.45) is 23.2 Å². The molecule has 1 amide bonds. The number of amides is 1. The molecule has 1 aromatic heterocycles. The van der Waals surface area contributed by atoms with Crippen LogP contribution in [0.1, 0.15) is 75.7 Å². The molecule has 200 valence electrons. The van der Waals surface area contributed by atoms with Gasteiger partial charge in [-0.2, -0.15) is 0 Å². The van der Waals surface area contributed by atoms with Crippen LogP contribution in [0.2, 0.25) is 0 Å². The molecule has 8 heteroatoms. The Labute approximate surface area is 217 Å². The molecule has 2 N–H and O–H groups in total. The number of carbonyl (C=O) groups excluding carboxylic acids is 4. The third kappa shape index (κ3) is 6.59. The molecule has 2 saturated carbocycles. The molecule has 1 aromatic carbocycles.